The second-order valence-corrected chi connectivity index (χ2v) is 7.00. The van der Waals surface area contributed by atoms with Crippen molar-refractivity contribution in [2.24, 2.45) is 0 Å². The number of nitrogens with zero attached hydrogens (tertiary/aromatic N) is 7. The van der Waals surface area contributed by atoms with Crippen LogP contribution in [0.5, 0.6) is 0 Å². The molecule has 8 nitrogen and oxygen atoms in total. The van der Waals surface area contributed by atoms with Crippen molar-refractivity contribution in [3.63, 3.8) is 0 Å². The van der Waals surface area contributed by atoms with Crippen molar-refractivity contribution < 1.29 is 17.7 Å². The van der Waals surface area contributed by atoms with Gasteiger partial charge in [0.05, 0.1) is 17.6 Å². The molecule has 0 bridgehead atoms. The van der Waals surface area contributed by atoms with Gasteiger partial charge in [-0.1, -0.05) is 5.16 Å². The minimum atomic E-state index is -4.68. The van der Waals surface area contributed by atoms with E-state index in [-0.39, 0.29) is 5.82 Å². The summed E-state index contributed by atoms with van der Waals surface area (Å²) in [4.78, 5) is 23.5. The van der Waals surface area contributed by atoms with Crippen molar-refractivity contribution in [3.8, 4) is 10.7 Å². The maximum Gasteiger partial charge on any atom is 0.471 e. The highest BCUT2D eigenvalue weighted by Crippen LogP contribution is 2.33. The van der Waals surface area contributed by atoms with E-state index >= 15 is 0 Å². The van der Waals surface area contributed by atoms with E-state index in [4.69, 9.17) is 0 Å². The van der Waals surface area contributed by atoms with Crippen LogP contribution in [-0.4, -0.2) is 30.1 Å². The Morgan fingerprint density at radius 3 is 2.62 bits per heavy atom. The molecule has 4 rings (SSSR count). The van der Waals surface area contributed by atoms with Crippen molar-refractivity contribution in [2.45, 2.75) is 19.6 Å². The molecule has 0 fully saturated rings. The first-order valence-electron chi connectivity index (χ1n) is 8.23. The largest absolute Gasteiger partial charge is 0.471 e. The first-order chi connectivity index (χ1) is 13.9. The minimum Gasteiger partial charge on any atom is -0.329 e. The number of thiophene rings is 1. The van der Waals surface area contributed by atoms with E-state index < -0.39 is 12.1 Å². The minimum absolute atomic E-state index is 0.119. The van der Waals surface area contributed by atoms with Crippen molar-refractivity contribution in [1.29, 1.82) is 0 Å². The lowest BCUT2D eigenvalue weighted by Crippen LogP contribution is -2.20. The van der Waals surface area contributed by atoms with Crippen LogP contribution in [-0.2, 0) is 12.7 Å². The molecule has 0 spiro atoms. The van der Waals surface area contributed by atoms with Gasteiger partial charge in [0.1, 0.15) is 0 Å². The Morgan fingerprint density at radius 2 is 1.93 bits per heavy atom. The van der Waals surface area contributed by atoms with Crippen molar-refractivity contribution in [1.82, 2.24) is 30.1 Å². The van der Waals surface area contributed by atoms with Crippen LogP contribution in [0.2, 0.25) is 0 Å². The summed E-state index contributed by atoms with van der Waals surface area (Å²) in [6, 6.07) is 5.18. The lowest BCUT2D eigenvalue weighted by molar-refractivity contribution is -0.159. The van der Waals surface area contributed by atoms with E-state index in [1.807, 2.05) is 6.92 Å². The Bertz CT molecular complexity index is 1110. The lowest BCUT2D eigenvalue weighted by Gasteiger charge is -2.20. The Kier molecular flexibility index (Phi) is 4.92. The zero-order valence-corrected chi connectivity index (χ0v) is 15.6. The van der Waals surface area contributed by atoms with Crippen LogP contribution in [0.15, 0.2) is 47.5 Å². The number of hydrogen-bond acceptors (Lipinski definition) is 9. The highest BCUT2D eigenvalue weighted by atomic mass is 32.1. The van der Waals surface area contributed by atoms with Crippen LogP contribution in [0.25, 0.3) is 10.7 Å². The van der Waals surface area contributed by atoms with Gasteiger partial charge in [-0.05, 0) is 25.1 Å². The summed E-state index contributed by atoms with van der Waals surface area (Å²) in [7, 11) is 0. The van der Waals surface area contributed by atoms with Gasteiger partial charge in [0.25, 0.3) is 0 Å². The molecule has 12 heteroatoms. The van der Waals surface area contributed by atoms with Gasteiger partial charge in [-0.3, -0.25) is 9.88 Å². The Morgan fingerprint density at radius 1 is 1.07 bits per heavy atom. The molecular formula is C17H12F3N7OS. The van der Waals surface area contributed by atoms with E-state index in [0.717, 1.165) is 10.6 Å². The van der Waals surface area contributed by atoms with Gasteiger partial charge in [-0.2, -0.15) is 18.2 Å². The van der Waals surface area contributed by atoms with Crippen LogP contribution in [0, 0.1) is 6.92 Å². The molecule has 4 aromatic rings. The van der Waals surface area contributed by atoms with Crippen LogP contribution >= 0.6 is 11.3 Å². The number of alkyl halides is 3. The van der Waals surface area contributed by atoms with E-state index in [2.05, 4.69) is 34.6 Å². The van der Waals surface area contributed by atoms with E-state index in [1.54, 1.807) is 47.9 Å². The number of anilines is 2. The SMILES string of the molecule is Cc1ccnc(N(Cc2ccc(-c3noc(C(F)(F)F)n3)s2)c2cnccn2)n1. The second kappa shape index (κ2) is 7.54. The molecule has 0 amide bonds. The lowest BCUT2D eigenvalue weighted by atomic mass is 10.3. The molecule has 0 aliphatic rings. The quantitative estimate of drug-likeness (QED) is 0.478. The molecule has 0 aliphatic heterocycles. The Labute approximate surface area is 166 Å². The fourth-order valence-electron chi connectivity index (χ4n) is 2.43. The normalized spacial score (nSPS) is 11.6. The van der Waals surface area contributed by atoms with Crippen molar-refractivity contribution >= 4 is 23.1 Å². The molecule has 0 unspecified atom stereocenters. The highest BCUT2D eigenvalue weighted by molar-refractivity contribution is 7.15. The third-order valence-electron chi connectivity index (χ3n) is 3.71. The van der Waals surface area contributed by atoms with Crippen molar-refractivity contribution in [2.75, 3.05) is 4.90 Å². The summed E-state index contributed by atoms with van der Waals surface area (Å²) in [5.74, 6) is -0.533. The van der Waals surface area contributed by atoms with Crippen molar-refractivity contribution in [3.05, 3.63) is 59.4 Å². The molecule has 0 radical (unpaired) electrons. The molecule has 0 aliphatic carbocycles. The molecular weight excluding hydrogens is 407 g/mol. The molecule has 0 aromatic carbocycles. The molecule has 0 atom stereocenters. The fourth-order valence-corrected chi connectivity index (χ4v) is 3.35. The maximum atomic E-state index is 12.7. The molecule has 0 saturated carbocycles. The van der Waals surface area contributed by atoms with Gasteiger partial charge < -0.3 is 4.52 Å². The van der Waals surface area contributed by atoms with E-state index in [9.17, 15) is 13.2 Å². The first kappa shape index (κ1) is 18.9. The third kappa shape index (κ3) is 4.21. The topological polar surface area (TPSA) is 93.7 Å². The van der Waals surface area contributed by atoms with Gasteiger partial charge >= 0.3 is 12.1 Å². The second-order valence-electron chi connectivity index (χ2n) is 5.83. The van der Waals surface area contributed by atoms with Gasteiger partial charge in [0.15, 0.2) is 5.82 Å². The first-order valence-corrected chi connectivity index (χ1v) is 9.05. The summed E-state index contributed by atoms with van der Waals surface area (Å²) in [6.07, 6.45) is 1.64. The predicted molar refractivity (Wildman–Crippen MR) is 97.3 cm³/mol. The number of rotatable bonds is 5. The van der Waals surface area contributed by atoms with Crippen LogP contribution in [0.3, 0.4) is 0 Å². The monoisotopic (exact) mass is 419 g/mol. The summed E-state index contributed by atoms with van der Waals surface area (Å²) in [5, 5.41) is 3.42. The van der Waals surface area contributed by atoms with Crippen LogP contribution in [0.4, 0.5) is 24.9 Å². The van der Waals surface area contributed by atoms with Crippen LogP contribution < -0.4 is 4.90 Å². The molecule has 4 heterocycles. The zero-order valence-electron chi connectivity index (χ0n) is 14.8. The zero-order chi connectivity index (χ0) is 20.4. The molecule has 29 heavy (non-hydrogen) atoms. The summed E-state index contributed by atoms with van der Waals surface area (Å²) >= 11 is 1.23. The van der Waals surface area contributed by atoms with Gasteiger partial charge in [-0.15, -0.1) is 11.3 Å². The summed E-state index contributed by atoms with van der Waals surface area (Å²) in [6.45, 7) is 2.18. The van der Waals surface area contributed by atoms with Gasteiger partial charge in [0, 0.05) is 29.2 Å². The average Bonchev–Trinajstić information content (AvgIpc) is 3.36. The molecule has 0 saturated heterocycles. The number of halogens is 3. The predicted octanol–water partition coefficient (Wildman–Crippen LogP) is 4.04. The molecule has 4 aromatic heterocycles. The Balaban J connectivity index is 1.63. The van der Waals surface area contributed by atoms with Crippen LogP contribution in [0.1, 0.15) is 16.5 Å². The standard InChI is InChI=1S/C17H12F3N7OS/c1-10-4-5-23-16(24-10)27(13-8-21-6-7-22-13)9-11-2-3-12(29-11)14-25-15(28-26-14)17(18,19)20/h2-8H,9H2,1H3. The molecule has 0 N–H and O–H groups in total. The number of hydrogen-bond donors (Lipinski definition) is 0. The van der Waals surface area contributed by atoms with E-state index in [1.165, 1.54) is 11.3 Å². The molecule has 148 valence electrons. The van der Waals surface area contributed by atoms with Gasteiger partial charge in [0.2, 0.25) is 11.8 Å². The highest BCUT2D eigenvalue weighted by Gasteiger charge is 2.38. The average molecular weight is 419 g/mol. The smallest absolute Gasteiger partial charge is 0.329 e. The third-order valence-corrected chi connectivity index (χ3v) is 4.78. The Hall–Kier alpha value is -3.41. The summed E-state index contributed by atoms with van der Waals surface area (Å²) in [5.41, 5.74) is 0.780. The van der Waals surface area contributed by atoms with Gasteiger partial charge in [-0.25, -0.2) is 15.0 Å². The van der Waals surface area contributed by atoms with E-state index in [0.29, 0.717) is 23.2 Å². The maximum absolute atomic E-state index is 12.7. The fraction of sp³-hybridized carbons (Fsp3) is 0.176. The number of aromatic nitrogens is 6. The number of aryl methyl sites for hydroxylation is 1. The summed E-state index contributed by atoms with van der Waals surface area (Å²) < 4.78 is 42.3.